The Morgan fingerprint density at radius 2 is 0.893 bits per heavy atom. The second kappa shape index (κ2) is 13.3. The molecule has 11 aromatic rings. The van der Waals surface area contributed by atoms with Crippen molar-refractivity contribution in [2.24, 2.45) is 0 Å². The van der Waals surface area contributed by atoms with Crippen LogP contribution >= 0.6 is 11.3 Å². The quantitative estimate of drug-likeness (QED) is 0.171. The highest BCUT2D eigenvalue weighted by Crippen LogP contribution is 2.46. The molecule has 56 heavy (non-hydrogen) atoms. The summed E-state index contributed by atoms with van der Waals surface area (Å²) >= 11 is 1.84. The van der Waals surface area contributed by atoms with Crippen LogP contribution in [0, 0.1) is 0 Å². The van der Waals surface area contributed by atoms with Gasteiger partial charge in [-0.15, -0.1) is 11.3 Å². The Morgan fingerprint density at radius 1 is 0.339 bits per heavy atom. The van der Waals surface area contributed by atoms with Gasteiger partial charge in [-0.1, -0.05) is 164 Å². The van der Waals surface area contributed by atoms with Crippen LogP contribution in [0.4, 0.5) is 0 Å². The van der Waals surface area contributed by atoms with Crippen LogP contribution in [0.5, 0.6) is 0 Å². The molecular weight excluding hydrogens is 703 g/mol. The van der Waals surface area contributed by atoms with E-state index in [0.717, 1.165) is 60.9 Å². The minimum atomic E-state index is 0.593. The Hall–Kier alpha value is -7.21. The normalized spacial score (nSPS) is 11.6. The van der Waals surface area contributed by atoms with Gasteiger partial charge in [0, 0.05) is 53.2 Å². The van der Waals surface area contributed by atoms with Crippen LogP contribution in [0.3, 0.4) is 0 Å². The van der Waals surface area contributed by atoms with Gasteiger partial charge in [-0.3, -0.25) is 0 Å². The first-order chi connectivity index (χ1) is 27.7. The smallest absolute Gasteiger partial charge is 0.164 e. The monoisotopic (exact) mass is 733 g/mol. The van der Waals surface area contributed by atoms with Gasteiger partial charge < -0.3 is 4.42 Å². The maximum absolute atomic E-state index is 6.89. The minimum Gasteiger partial charge on any atom is -0.455 e. The second-order valence-electron chi connectivity index (χ2n) is 13.9. The van der Waals surface area contributed by atoms with Crippen LogP contribution in [-0.4, -0.2) is 15.0 Å². The number of rotatable bonds is 6. The Morgan fingerprint density at radius 3 is 1.64 bits per heavy atom. The number of fused-ring (bicyclic) bond motifs is 6. The van der Waals surface area contributed by atoms with Crippen LogP contribution in [0.1, 0.15) is 0 Å². The van der Waals surface area contributed by atoms with Crippen molar-refractivity contribution in [1.82, 2.24) is 15.0 Å². The zero-order valence-electron chi connectivity index (χ0n) is 30.1. The van der Waals surface area contributed by atoms with Crippen LogP contribution in [0.2, 0.25) is 0 Å². The van der Waals surface area contributed by atoms with E-state index in [9.17, 15) is 0 Å². The van der Waals surface area contributed by atoms with Crippen molar-refractivity contribution in [3.05, 3.63) is 188 Å². The van der Waals surface area contributed by atoms with Gasteiger partial charge in [0.1, 0.15) is 11.2 Å². The van der Waals surface area contributed by atoms with Crippen LogP contribution in [0.25, 0.3) is 110 Å². The van der Waals surface area contributed by atoms with Gasteiger partial charge in [0.25, 0.3) is 0 Å². The van der Waals surface area contributed by atoms with Crippen molar-refractivity contribution in [1.29, 1.82) is 0 Å². The lowest BCUT2D eigenvalue weighted by atomic mass is 9.91. The summed E-state index contributed by atoms with van der Waals surface area (Å²) in [6.07, 6.45) is 0. The van der Waals surface area contributed by atoms with Gasteiger partial charge in [0.2, 0.25) is 0 Å². The summed E-state index contributed by atoms with van der Waals surface area (Å²) in [7, 11) is 0. The first-order valence-electron chi connectivity index (χ1n) is 18.7. The molecule has 0 aliphatic heterocycles. The SMILES string of the molecule is c1ccc(-c2ccc(-c3nc(-c4ccccc4)nc(-c4cccc5oc6c(-c7cc8c(cc7-c7ccccc7)sc7ccccc78)cccc6c45)n3)cc2)cc1. The van der Waals surface area contributed by atoms with E-state index in [1.807, 2.05) is 59.9 Å². The van der Waals surface area contributed by atoms with Gasteiger partial charge in [-0.05, 0) is 52.1 Å². The van der Waals surface area contributed by atoms with Crippen LogP contribution in [-0.2, 0) is 0 Å². The lowest BCUT2D eigenvalue weighted by Gasteiger charge is -2.12. The molecule has 11 rings (SSSR count). The summed E-state index contributed by atoms with van der Waals surface area (Å²) in [5, 5.41) is 4.50. The van der Waals surface area contributed by atoms with E-state index in [0.29, 0.717) is 17.5 Å². The predicted molar refractivity (Wildman–Crippen MR) is 233 cm³/mol. The van der Waals surface area contributed by atoms with Crippen molar-refractivity contribution in [3.63, 3.8) is 0 Å². The highest BCUT2D eigenvalue weighted by atomic mass is 32.1. The van der Waals surface area contributed by atoms with Gasteiger partial charge in [-0.2, -0.15) is 0 Å². The zero-order chi connectivity index (χ0) is 37.0. The van der Waals surface area contributed by atoms with Crippen molar-refractivity contribution in [2.75, 3.05) is 0 Å². The standard InChI is InChI=1S/C51H31N3OS/c1-4-14-32(15-5-1)33-26-28-36(29-27-33)50-52-49(35-18-8-3-9-19-35)53-51(54-50)40-23-13-24-44-47(40)39-22-12-21-38(48(39)55-44)42-30-43-37-20-10-11-25-45(37)56-46(43)31-41(42)34-16-6-2-7-17-34/h1-31H. The fraction of sp³-hybridized carbons (Fsp3) is 0. The minimum absolute atomic E-state index is 0.593. The number of benzene rings is 8. The molecule has 3 heterocycles. The third-order valence-corrected chi connectivity index (χ3v) is 11.7. The molecule has 3 aromatic heterocycles. The number of aromatic nitrogens is 3. The number of hydrogen-bond acceptors (Lipinski definition) is 5. The first kappa shape index (κ1) is 32.2. The van der Waals surface area contributed by atoms with E-state index in [4.69, 9.17) is 19.4 Å². The molecule has 0 N–H and O–H groups in total. The third-order valence-electron chi connectivity index (χ3n) is 10.6. The third kappa shape index (κ3) is 5.48. The molecule has 5 heteroatoms. The van der Waals surface area contributed by atoms with Crippen LogP contribution in [0.15, 0.2) is 192 Å². The number of nitrogens with zero attached hydrogens (tertiary/aromatic N) is 3. The average Bonchev–Trinajstić information content (AvgIpc) is 3.85. The maximum atomic E-state index is 6.89. The molecule has 0 amide bonds. The zero-order valence-corrected chi connectivity index (χ0v) is 30.9. The van der Waals surface area contributed by atoms with Gasteiger partial charge in [0.05, 0.1) is 0 Å². The molecule has 0 saturated carbocycles. The highest BCUT2D eigenvalue weighted by Gasteiger charge is 2.22. The molecule has 0 bridgehead atoms. The molecule has 0 atom stereocenters. The summed E-state index contributed by atoms with van der Waals surface area (Å²) in [6, 6.07) is 65.6. The molecule has 0 saturated heterocycles. The van der Waals surface area contributed by atoms with E-state index in [-0.39, 0.29) is 0 Å². The number of para-hydroxylation sites is 1. The molecule has 0 aliphatic carbocycles. The summed E-state index contributed by atoms with van der Waals surface area (Å²) in [4.78, 5) is 15.3. The number of thiophene rings is 1. The lowest BCUT2D eigenvalue weighted by Crippen LogP contribution is -2.00. The van der Waals surface area contributed by atoms with Crippen molar-refractivity contribution < 1.29 is 4.42 Å². The predicted octanol–water partition coefficient (Wildman–Crippen LogP) is 14.1. The van der Waals surface area contributed by atoms with Gasteiger partial charge in [0.15, 0.2) is 17.5 Å². The Balaban J connectivity index is 1.12. The van der Waals surface area contributed by atoms with Crippen molar-refractivity contribution >= 4 is 53.4 Å². The molecule has 262 valence electrons. The number of hydrogen-bond donors (Lipinski definition) is 0. The molecule has 0 fully saturated rings. The first-order valence-corrected chi connectivity index (χ1v) is 19.5. The highest BCUT2D eigenvalue weighted by molar-refractivity contribution is 7.25. The molecule has 4 nitrogen and oxygen atoms in total. The summed E-state index contributed by atoms with van der Waals surface area (Å²) < 4.78 is 9.44. The van der Waals surface area contributed by atoms with E-state index >= 15 is 0 Å². The van der Waals surface area contributed by atoms with E-state index < -0.39 is 0 Å². The molecule has 8 aromatic carbocycles. The van der Waals surface area contributed by atoms with E-state index in [1.54, 1.807) is 0 Å². The molecule has 0 aliphatic rings. The Labute approximate surface area is 327 Å². The van der Waals surface area contributed by atoms with Gasteiger partial charge in [-0.25, -0.2) is 15.0 Å². The van der Waals surface area contributed by atoms with Crippen molar-refractivity contribution in [2.45, 2.75) is 0 Å². The average molecular weight is 734 g/mol. The molecule has 0 spiro atoms. The van der Waals surface area contributed by atoms with Gasteiger partial charge >= 0.3 is 0 Å². The van der Waals surface area contributed by atoms with E-state index in [2.05, 4.69) is 140 Å². The summed E-state index contributed by atoms with van der Waals surface area (Å²) in [5.41, 5.74) is 11.2. The molecule has 0 radical (unpaired) electrons. The largest absolute Gasteiger partial charge is 0.455 e. The second-order valence-corrected chi connectivity index (χ2v) is 15.0. The maximum Gasteiger partial charge on any atom is 0.164 e. The lowest BCUT2D eigenvalue weighted by molar-refractivity contribution is 0.670. The number of furan rings is 1. The Kier molecular flexibility index (Phi) is 7.64. The molecular formula is C51H31N3OS. The summed E-state index contributed by atoms with van der Waals surface area (Å²) in [5.74, 6) is 1.82. The summed E-state index contributed by atoms with van der Waals surface area (Å²) in [6.45, 7) is 0. The molecule has 0 unspecified atom stereocenters. The fourth-order valence-corrected chi connectivity index (χ4v) is 9.01. The van der Waals surface area contributed by atoms with E-state index in [1.165, 1.54) is 31.3 Å². The van der Waals surface area contributed by atoms with Crippen LogP contribution < -0.4 is 0 Å². The van der Waals surface area contributed by atoms with Crippen molar-refractivity contribution in [3.8, 4) is 67.5 Å². The topological polar surface area (TPSA) is 51.8 Å². The Bertz CT molecular complexity index is 3230. The fourth-order valence-electron chi connectivity index (χ4n) is 7.88.